The van der Waals surface area contributed by atoms with E-state index < -0.39 is 10.0 Å². The summed E-state index contributed by atoms with van der Waals surface area (Å²) in [6.45, 7) is 9.15. The van der Waals surface area contributed by atoms with E-state index in [-0.39, 0.29) is 18.0 Å². The number of likely N-dealkylation sites (N-methyl/N-ethyl adjacent to an activating group) is 1. The third-order valence-electron chi connectivity index (χ3n) is 9.83. The molecular formula is C32H49N5O4S. The van der Waals surface area contributed by atoms with Gasteiger partial charge in [0, 0.05) is 76.7 Å². The van der Waals surface area contributed by atoms with Crippen molar-refractivity contribution < 1.29 is 17.9 Å². The molecule has 1 amide bonds. The molecule has 0 N–H and O–H groups in total. The highest BCUT2D eigenvalue weighted by Crippen LogP contribution is 2.38. The normalized spacial score (nSPS) is 24.4. The molecule has 9 nitrogen and oxygen atoms in total. The number of aryl methyl sites for hydroxylation is 2. The number of ether oxygens (including phenoxy) is 1. The number of benzene rings is 1. The number of rotatable bonds is 9. The fraction of sp³-hybridized carbons (Fsp3) is 0.656. The Balaban J connectivity index is 1.25. The zero-order chi connectivity index (χ0) is 30.0. The van der Waals surface area contributed by atoms with E-state index in [0.717, 1.165) is 51.1 Å². The summed E-state index contributed by atoms with van der Waals surface area (Å²) in [4.78, 5) is 20.8. The van der Waals surface area contributed by atoms with Gasteiger partial charge < -0.3 is 19.1 Å². The summed E-state index contributed by atoms with van der Waals surface area (Å²) in [6, 6.07) is 8.11. The zero-order valence-electron chi connectivity index (χ0n) is 26.1. The third kappa shape index (κ3) is 6.42. The van der Waals surface area contributed by atoms with Gasteiger partial charge in [0.05, 0.1) is 18.0 Å². The highest BCUT2D eigenvalue weighted by molar-refractivity contribution is 7.89. The number of aromatic nitrogens is 1. The minimum Gasteiger partial charge on any atom is -0.497 e. The standard InChI is InChI=1S/C32H49N5O4S/c1-24-21-28(41-5)22-25(2)32(24)42(39,40)37-20-19-36-14-8-12-29(36)30(37)11-7-13-31(38)34(4)26-9-6-10-27(23-26)35-17-15-33(3)16-18-35/h8,12,14,21-22,26-27,30H,6-7,9-11,13,15-20,23H2,1-5H3/t26-,27-,30?/m1/s1. The number of nitrogens with zero attached hydrogens (tertiary/aromatic N) is 5. The molecular weight excluding hydrogens is 550 g/mol. The molecule has 10 heteroatoms. The lowest BCUT2D eigenvalue weighted by Crippen LogP contribution is -2.52. The second-order valence-electron chi connectivity index (χ2n) is 12.6. The quantitative estimate of drug-likeness (QED) is 0.433. The number of sulfonamides is 1. The molecule has 2 aromatic rings. The van der Waals surface area contributed by atoms with E-state index in [1.165, 1.54) is 6.42 Å². The Morgan fingerprint density at radius 3 is 2.45 bits per heavy atom. The van der Waals surface area contributed by atoms with E-state index in [9.17, 15) is 13.2 Å². The van der Waals surface area contributed by atoms with Gasteiger partial charge in [0.2, 0.25) is 15.9 Å². The van der Waals surface area contributed by atoms with Crippen molar-refractivity contribution in [3.05, 3.63) is 47.3 Å². The summed E-state index contributed by atoms with van der Waals surface area (Å²) in [5.74, 6) is 0.824. The number of carbonyl (C=O) groups excluding carboxylic acids is 1. The molecule has 1 saturated carbocycles. The van der Waals surface area contributed by atoms with Crippen LogP contribution in [0.15, 0.2) is 35.4 Å². The molecule has 1 unspecified atom stereocenters. The molecule has 0 spiro atoms. The number of hydrogen-bond donors (Lipinski definition) is 0. The summed E-state index contributed by atoms with van der Waals surface area (Å²) in [5.41, 5.74) is 2.37. The van der Waals surface area contributed by atoms with Crippen LogP contribution in [0.4, 0.5) is 0 Å². The van der Waals surface area contributed by atoms with E-state index in [1.807, 2.05) is 44.1 Å². The van der Waals surface area contributed by atoms with Gasteiger partial charge in [-0.3, -0.25) is 9.69 Å². The van der Waals surface area contributed by atoms with Crippen LogP contribution in [0.5, 0.6) is 5.75 Å². The summed E-state index contributed by atoms with van der Waals surface area (Å²) in [5, 5.41) is 0. The second-order valence-corrected chi connectivity index (χ2v) is 14.4. The van der Waals surface area contributed by atoms with E-state index in [2.05, 4.69) is 21.4 Å². The molecule has 232 valence electrons. The van der Waals surface area contributed by atoms with Gasteiger partial charge >= 0.3 is 0 Å². The number of hydrogen-bond acceptors (Lipinski definition) is 6. The lowest BCUT2D eigenvalue weighted by Gasteiger charge is -2.43. The number of fused-ring (bicyclic) bond motifs is 1. The number of amides is 1. The molecule has 3 aliphatic rings. The van der Waals surface area contributed by atoms with Crippen LogP contribution in [0.25, 0.3) is 0 Å². The van der Waals surface area contributed by atoms with Gasteiger partial charge in [0.1, 0.15) is 5.75 Å². The maximum atomic E-state index is 14.2. The van der Waals surface area contributed by atoms with Gasteiger partial charge in [-0.25, -0.2) is 8.42 Å². The number of piperazine rings is 1. The van der Waals surface area contributed by atoms with Crippen LogP contribution in [0.1, 0.15) is 67.8 Å². The largest absolute Gasteiger partial charge is 0.497 e. The molecule has 1 aromatic heterocycles. The van der Waals surface area contributed by atoms with Crippen molar-refractivity contribution in [3.63, 3.8) is 0 Å². The number of carbonyl (C=O) groups is 1. The van der Waals surface area contributed by atoms with Crippen molar-refractivity contribution in [3.8, 4) is 5.75 Å². The molecule has 1 aromatic carbocycles. The van der Waals surface area contributed by atoms with Crippen molar-refractivity contribution in [1.29, 1.82) is 0 Å². The highest BCUT2D eigenvalue weighted by Gasteiger charge is 2.38. The molecule has 5 rings (SSSR count). The Hall–Kier alpha value is -2.40. The van der Waals surface area contributed by atoms with Crippen LogP contribution in [0, 0.1) is 13.8 Å². The molecule has 42 heavy (non-hydrogen) atoms. The molecule has 1 saturated heterocycles. The van der Waals surface area contributed by atoms with Crippen molar-refractivity contribution in [1.82, 2.24) is 23.6 Å². The monoisotopic (exact) mass is 599 g/mol. The van der Waals surface area contributed by atoms with Gasteiger partial charge in [0.15, 0.2) is 0 Å². The molecule has 1 aliphatic carbocycles. The number of methoxy groups -OCH3 is 1. The summed E-state index contributed by atoms with van der Waals surface area (Å²) >= 11 is 0. The molecule has 0 radical (unpaired) electrons. The Morgan fingerprint density at radius 2 is 1.76 bits per heavy atom. The van der Waals surface area contributed by atoms with E-state index in [4.69, 9.17) is 4.74 Å². The first-order valence-electron chi connectivity index (χ1n) is 15.6. The predicted molar refractivity (Wildman–Crippen MR) is 165 cm³/mol. The lowest BCUT2D eigenvalue weighted by atomic mass is 9.88. The van der Waals surface area contributed by atoms with Gasteiger partial charge in [-0.2, -0.15) is 4.31 Å². The Morgan fingerprint density at radius 1 is 1.05 bits per heavy atom. The maximum Gasteiger partial charge on any atom is 0.244 e. The van der Waals surface area contributed by atoms with E-state index >= 15 is 0 Å². The second kappa shape index (κ2) is 13.1. The molecule has 2 aliphatic heterocycles. The highest BCUT2D eigenvalue weighted by atomic mass is 32.2. The molecule has 0 bridgehead atoms. The summed E-state index contributed by atoms with van der Waals surface area (Å²) in [6.07, 6.45) is 8.19. The van der Waals surface area contributed by atoms with Crippen LogP contribution in [-0.2, 0) is 21.4 Å². The van der Waals surface area contributed by atoms with Crippen molar-refractivity contribution in [2.45, 2.75) is 88.4 Å². The molecule has 3 heterocycles. The third-order valence-corrected chi connectivity index (χ3v) is 12.0. The SMILES string of the molecule is COc1cc(C)c(S(=O)(=O)N2CCn3cccc3C2CCCC(=O)N(C)[C@@H]2CCC[C@@H](N3CCN(C)CC3)C2)c(C)c1. The summed E-state index contributed by atoms with van der Waals surface area (Å²) in [7, 11) is 1.99. The zero-order valence-corrected chi connectivity index (χ0v) is 26.9. The van der Waals surface area contributed by atoms with Crippen molar-refractivity contribution >= 4 is 15.9 Å². The van der Waals surface area contributed by atoms with Crippen LogP contribution in [0.3, 0.4) is 0 Å². The van der Waals surface area contributed by atoms with Crippen LogP contribution in [0.2, 0.25) is 0 Å². The Kier molecular flexibility index (Phi) is 9.66. The minimum absolute atomic E-state index is 0.168. The topological polar surface area (TPSA) is 78.3 Å². The first-order chi connectivity index (χ1) is 20.1. The van der Waals surface area contributed by atoms with E-state index in [0.29, 0.717) is 60.2 Å². The van der Waals surface area contributed by atoms with Crippen LogP contribution >= 0.6 is 0 Å². The lowest BCUT2D eigenvalue weighted by molar-refractivity contribution is -0.133. The molecule has 3 atom stereocenters. The Labute approximate surface area is 252 Å². The fourth-order valence-corrected chi connectivity index (χ4v) is 9.45. The average molecular weight is 600 g/mol. The Bertz CT molecular complexity index is 1330. The van der Waals surface area contributed by atoms with Gasteiger partial charge in [-0.15, -0.1) is 0 Å². The summed E-state index contributed by atoms with van der Waals surface area (Å²) < 4.78 is 37.5. The minimum atomic E-state index is -3.76. The first kappa shape index (κ1) is 31.0. The van der Waals surface area contributed by atoms with Crippen molar-refractivity contribution in [2.24, 2.45) is 0 Å². The van der Waals surface area contributed by atoms with Crippen molar-refractivity contribution in [2.75, 3.05) is 53.9 Å². The van der Waals surface area contributed by atoms with E-state index in [1.54, 1.807) is 23.5 Å². The fourth-order valence-electron chi connectivity index (χ4n) is 7.41. The average Bonchev–Trinajstić information content (AvgIpc) is 3.46. The maximum absolute atomic E-state index is 14.2. The van der Waals surface area contributed by atoms with Crippen LogP contribution < -0.4 is 4.74 Å². The van der Waals surface area contributed by atoms with Crippen LogP contribution in [-0.4, -0.2) is 104 Å². The molecule has 2 fully saturated rings. The van der Waals surface area contributed by atoms with Gasteiger partial charge in [-0.05, 0) is 94.8 Å². The first-order valence-corrected chi connectivity index (χ1v) is 17.0. The van der Waals surface area contributed by atoms with Gasteiger partial charge in [0.25, 0.3) is 0 Å². The van der Waals surface area contributed by atoms with Gasteiger partial charge in [-0.1, -0.05) is 0 Å². The predicted octanol–water partition coefficient (Wildman–Crippen LogP) is 4.05. The smallest absolute Gasteiger partial charge is 0.244 e.